The van der Waals surface area contributed by atoms with Crippen molar-refractivity contribution >= 4 is 40.9 Å². The van der Waals surface area contributed by atoms with Gasteiger partial charge >= 0.3 is 5.97 Å². The highest BCUT2D eigenvalue weighted by atomic mass is 35.5. The van der Waals surface area contributed by atoms with Gasteiger partial charge in [0, 0.05) is 22.0 Å². The van der Waals surface area contributed by atoms with Gasteiger partial charge in [-0.15, -0.1) is 11.8 Å². The average molecular weight is 392 g/mol. The van der Waals surface area contributed by atoms with Crippen LogP contribution in [0.1, 0.15) is 24.0 Å². The Bertz CT molecular complexity index is 762. The summed E-state index contributed by atoms with van der Waals surface area (Å²) in [6.07, 6.45) is 0.974. The predicted molar refractivity (Wildman–Crippen MR) is 107 cm³/mol. The summed E-state index contributed by atoms with van der Waals surface area (Å²) in [5.74, 6) is 0.101. The molecule has 0 fully saturated rings. The zero-order valence-electron chi connectivity index (χ0n) is 14.9. The topological polar surface area (TPSA) is 55.4 Å². The van der Waals surface area contributed by atoms with Crippen LogP contribution < -0.4 is 5.32 Å². The number of nitrogens with one attached hydrogen (secondary N) is 1. The number of anilines is 1. The first kappa shape index (κ1) is 20.3. The van der Waals surface area contributed by atoms with Gasteiger partial charge in [0.15, 0.2) is 6.61 Å². The molecule has 0 saturated carbocycles. The largest absolute Gasteiger partial charge is 0.456 e. The predicted octanol–water partition coefficient (Wildman–Crippen LogP) is 5.01. The van der Waals surface area contributed by atoms with Crippen LogP contribution in [0.4, 0.5) is 5.69 Å². The Hall–Kier alpha value is -1.98. The lowest BCUT2D eigenvalue weighted by Gasteiger charge is -2.09. The quantitative estimate of drug-likeness (QED) is 0.390. The van der Waals surface area contributed by atoms with Crippen LogP contribution in [0.2, 0.25) is 5.02 Å². The van der Waals surface area contributed by atoms with Crippen molar-refractivity contribution in [2.45, 2.75) is 31.6 Å². The van der Waals surface area contributed by atoms with Crippen molar-refractivity contribution in [1.29, 1.82) is 0 Å². The van der Waals surface area contributed by atoms with Crippen LogP contribution in [0.25, 0.3) is 0 Å². The van der Waals surface area contributed by atoms with Crippen molar-refractivity contribution < 1.29 is 14.3 Å². The maximum atomic E-state index is 11.9. The SMILES string of the molecule is Cc1ccc(NC(=O)COC(=O)CCCSc2ccc(Cl)cc2)c(C)c1. The first-order valence-corrected chi connectivity index (χ1v) is 9.71. The molecule has 138 valence electrons. The number of rotatable bonds is 8. The summed E-state index contributed by atoms with van der Waals surface area (Å²) in [5.41, 5.74) is 2.84. The van der Waals surface area contributed by atoms with Gasteiger partial charge in [0.25, 0.3) is 5.91 Å². The Labute approximate surface area is 163 Å². The van der Waals surface area contributed by atoms with Crippen molar-refractivity contribution in [3.8, 4) is 0 Å². The van der Waals surface area contributed by atoms with Gasteiger partial charge < -0.3 is 10.1 Å². The number of hydrogen-bond donors (Lipinski definition) is 1. The maximum Gasteiger partial charge on any atom is 0.306 e. The summed E-state index contributed by atoms with van der Waals surface area (Å²) in [4.78, 5) is 24.7. The summed E-state index contributed by atoms with van der Waals surface area (Å²) < 4.78 is 5.03. The van der Waals surface area contributed by atoms with E-state index in [1.165, 1.54) is 0 Å². The number of halogens is 1. The van der Waals surface area contributed by atoms with Crippen LogP contribution in [0.5, 0.6) is 0 Å². The standard InChI is InChI=1S/C20H22ClNO3S/c1-14-5-10-18(15(2)12-14)22-19(23)13-25-20(24)4-3-11-26-17-8-6-16(21)7-9-17/h5-10,12H,3-4,11,13H2,1-2H3,(H,22,23). The molecule has 6 heteroatoms. The van der Waals surface area contributed by atoms with E-state index in [2.05, 4.69) is 5.32 Å². The van der Waals surface area contributed by atoms with Gasteiger partial charge in [0.2, 0.25) is 0 Å². The molecule has 0 bridgehead atoms. The van der Waals surface area contributed by atoms with E-state index in [0.29, 0.717) is 11.4 Å². The third-order valence-electron chi connectivity index (χ3n) is 3.63. The van der Waals surface area contributed by atoms with E-state index >= 15 is 0 Å². The van der Waals surface area contributed by atoms with Crippen molar-refractivity contribution in [2.75, 3.05) is 17.7 Å². The van der Waals surface area contributed by atoms with Gasteiger partial charge in [0.05, 0.1) is 0 Å². The molecule has 0 saturated heterocycles. The molecule has 1 amide bonds. The molecule has 0 radical (unpaired) electrons. The molecule has 4 nitrogen and oxygen atoms in total. The number of thioether (sulfide) groups is 1. The molecular formula is C20H22ClNO3S. The number of amides is 1. The molecule has 0 aliphatic carbocycles. The number of carbonyl (C=O) groups excluding carboxylic acids is 2. The van der Waals surface area contributed by atoms with E-state index in [1.54, 1.807) is 11.8 Å². The fraction of sp³-hybridized carbons (Fsp3) is 0.300. The molecule has 0 aliphatic rings. The van der Waals surface area contributed by atoms with Gasteiger partial charge in [0.1, 0.15) is 0 Å². The van der Waals surface area contributed by atoms with E-state index in [9.17, 15) is 9.59 Å². The molecule has 0 aromatic heterocycles. The summed E-state index contributed by atoms with van der Waals surface area (Å²) in [6.45, 7) is 3.65. The third kappa shape index (κ3) is 7.10. The zero-order valence-corrected chi connectivity index (χ0v) is 16.5. The minimum Gasteiger partial charge on any atom is -0.456 e. The van der Waals surface area contributed by atoms with Crippen LogP contribution in [0.3, 0.4) is 0 Å². The van der Waals surface area contributed by atoms with Gasteiger partial charge in [-0.25, -0.2) is 0 Å². The summed E-state index contributed by atoms with van der Waals surface area (Å²) >= 11 is 7.49. The molecule has 0 atom stereocenters. The lowest BCUT2D eigenvalue weighted by Crippen LogP contribution is -2.21. The fourth-order valence-corrected chi connectivity index (χ4v) is 3.27. The van der Waals surface area contributed by atoms with Gasteiger partial charge in [-0.3, -0.25) is 9.59 Å². The second-order valence-electron chi connectivity index (χ2n) is 5.93. The maximum absolute atomic E-state index is 11.9. The Morgan fingerprint density at radius 1 is 1.12 bits per heavy atom. The second kappa shape index (κ2) is 10.2. The molecule has 26 heavy (non-hydrogen) atoms. The van der Waals surface area contributed by atoms with Crippen molar-refractivity contribution in [1.82, 2.24) is 0 Å². The van der Waals surface area contributed by atoms with Gasteiger partial charge in [-0.1, -0.05) is 29.3 Å². The first-order valence-electron chi connectivity index (χ1n) is 8.35. The number of carbonyl (C=O) groups is 2. The molecule has 0 spiro atoms. The molecule has 2 rings (SSSR count). The zero-order chi connectivity index (χ0) is 18.9. The van der Waals surface area contributed by atoms with Crippen LogP contribution >= 0.6 is 23.4 Å². The summed E-state index contributed by atoms with van der Waals surface area (Å²) in [6, 6.07) is 13.3. The molecule has 1 N–H and O–H groups in total. The summed E-state index contributed by atoms with van der Waals surface area (Å²) in [7, 11) is 0. The number of hydrogen-bond acceptors (Lipinski definition) is 4. The normalized spacial score (nSPS) is 10.4. The minimum absolute atomic E-state index is 0.267. The minimum atomic E-state index is -0.363. The Morgan fingerprint density at radius 3 is 2.54 bits per heavy atom. The Morgan fingerprint density at radius 2 is 1.85 bits per heavy atom. The summed E-state index contributed by atoms with van der Waals surface area (Å²) in [5, 5.41) is 3.46. The van der Waals surface area contributed by atoms with Crippen molar-refractivity contribution in [3.05, 3.63) is 58.6 Å². The highest BCUT2D eigenvalue weighted by Crippen LogP contribution is 2.21. The number of aryl methyl sites for hydroxylation is 2. The van der Waals surface area contributed by atoms with Crippen LogP contribution in [-0.4, -0.2) is 24.2 Å². The number of esters is 1. The van der Waals surface area contributed by atoms with Crippen molar-refractivity contribution in [3.63, 3.8) is 0 Å². The first-order chi connectivity index (χ1) is 12.4. The Kier molecular flexibility index (Phi) is 8.01. The lowest BCUT2D eigenvalue weighted by molar-refractivity contribution is -0.147. The number of ether oxygens (including phenoxy) is 1. The molecular weight excluding hydrogens is 370 g/mol. The molecule has 2 aromatic carbocycles. The Balaban J connectivity index is 1.63. The fourth-order valence-electron chi connectivity index (χ4n) is 2.30. The van der Waals surface area contributed by atoms with E-state index in [0.717, 1.165) is 27.5 Å². The van der Waals surface area contributed by atoms with E-state index < -0.39 is 0 Å². The smallest absolute Gasteiger partial charge is 0.306 e. The molecule has 0 heterocycles. The molecule has 0 unspecified atom stereocenters. The van der Waals surface area contributed by atoms with E-state index in [4.69, 9.17) is 16.3 Å². The molecule has 0 aliphatic heterocycles. The van der Waals surface area contributed by atoms with E-state index in [-0.39, 0.29) is 24.9 Å². The van der Waals surface area contributed by atoms with Gasteiger partial charge in [-0.05, 0) is 61.9 Å². The molecule has 2 aromatic rings. The lowest BCUT2D eigenvalue weighted by atomic mass is 10.1. The van der Waals surface area contributed by atoms with Crippen LogP contribution in [0, 0.1) is 13.8 Å². The highest BCUT2D eigenvalue weighted by molar-refractivity contribution is 7.99. The average Bonchev–Trinajstić information content (AvgIpc) is 2.61. The van der Waals surface area contributed by atoms with Crippen molar-refractivity contribution in [2.24, 2.45) is 0 Å². The monoisotopic (exact) mass is 391 g/mol. The highest BCUT2D eigenvalue weighted by Gasteiger charge is 2.09. The van der Waals surface area contributed by atoms with Gasteiger partial charge in [-0.2, -0.15) is 0 Å². The number of benzene rings is 2. The van der Waals surface area contributed by atoms with Crippen LogP contribution in [0.15, 0.2) is 47.4 Å². The second-order valence-corrected chi connectivity index (χ2v) is 7.54. The van der Waals surface area contributed by atoms with Crippen LogP contribution in [-0.2, 0) is 14.3 Å². The third-order valence-corrected chi connectivity index (χ3v) is 4.98. The van der Waals surface area contributed by atoms with E-state index in [1.807, 2.05) is 56.3 Å².